The van der Waals surface area contributed by atoms with E-state index in [0.717, 1.165) is 22.4 Å². The Morgan fingerprint density at radius 3 is 2.27 bits per heavy atom. The summed E-state index contributed by atoms with van der Waals surface area (Å²) in [6.45, 7) is 8.66. The van der Waals surface area contributed by atoms with Gasteiger partial charge in [-0.05, 0) is 25.3 Å². The molecule has 37 heavy (non-hydrogen) atoms. The van der Waals surface area contributed by atoms with Crippen molar-refractivity contribution in [3.8, 4) is 22.3 Å². The van der Waals surface area contributed by atoms with Crippen molar-refractivity contribution in [3.63, 3.8) is 0 Å². The van der Waals surface area contributed by atoms with Crippen molar-refractivity contribution in [2.45, 2.75) is 39.8 Å². The third-order valence-corrected chi connectivity index (χ3v) is 6.16. The summed E-state index contributed by atoms with van der Waals surface area (Å²) >= 11 is -0.826. The maximum atomic E-state index is 4.93. The fourth-order valence-corrected chi connectivity index (χ4v) is 4.56. The smallest absolute Gasteiger partial charge is 0.0253 e. The van der Waals surface area contributed by atoms with Gasteiger partial charge in [0.2, 0.25) is 0 Å². The Labute approximate surface area is 243 Å². The summed E-state index contributed by atoms with van der Waals surface area (Å²) in [6, 6.07) is 38.0. The van der Waals surface area contributed by atoms with E-state index in [1.54, 1.807) is 0 Å². The number of aryl methyl sites for hydroxylation is 2. The third-order valence-electron chi connectivity index (χ3n) is 6.16. The van der Waals surface area contributed by atoms with Crippen molar-refractivity contribution in [2.75, 3.05) is 0 Å². The molecule has 0 heterocycles. The monoisotopic (exact) mass is 616 g/mol. The molecule has 0 saturated heterocycles. The molecular formula is C33H32Cl2SiZr. The predicted molar refractivity (Wildman–Crippen MR) is 162 cm³/mol. The van der Waals surface area contributed by atoms with Crippen molar-refractivity contribution in [1.29, 1.82) is 0 Å². The Morgan fingerprint density at radius 1 is 0.865 bits per heavy atom. The molecule has 0 aliphatic heterocycles. The third kappa shape index (κ3) is 8.08. The van der Waals surface area contributed by atoms with Crippen LogP contribution in [0.15, 0.2) is 97.1 Å². The molecule has 0 fully saturated rings. The summed E-state index contributed by atoms with van der Waals surface area (Å²) in [7, 11) is 11.0. The summed E-state index contributed by atoms with van der Waals surface area (Å²) in [5.74, 6) is 0. The Kier molecular flexibility index (Phi) is 12.5. The van der Waals surface area contributed by atoms with Gasteiger partial charge in [0.1, 0.15) is 0 Å². The first-order valence-corrected chi connectivity index (χ1v) is 20.8. The molecule has 0 unspecified atom stereocenters. The van der Waals surface area contributed by atoms with E-state index in [4.69, 9.17) is 17.0 Å². The largest absolute Gasteiger partial charge is 0.179 e. The van der Waals surface area contributed by atoms with E-state index in [0.29, 0.717) is 0 Å². The summed E-state index contributed by atoms with van der Waals surface area (Å²) in [5, 5.41) is 2.73. The molecule has 0 aromatic heterocycles. The van der Waals surface area contributed by atoms with Crippen LogP contribution in [0.1, 0.15) is 29.2 Å². The first-order valence-electron chi connectivity index (χ1n) is 12.4. The van der Waals surface area contributed by atoms with Gasteiger partial charge >= 0.3 is 37.9 Å². The molecule has 4 heteroatoms. The van der Waals surface area contributed by atoms with E-state index in [1.165, 1.54) is 55.3 Å². The van der Waals surface area contributed by atoms with E-state index in [1.807, 2.05) is 6.07 Å². The number of fused-ring (bicyclic) bond motifs is 4. The second kappa shape index (κ2) is 15.6. The van der Waals surface area contributed by atoms with Crippen LogP contribution in [0, 0.1) is 13.0 Å². The van der Waals surface area contributed by atoms with Crippen molar-refractivity contribution >= 4 is 37.3 Å². The summed E-state index contributed by atoms with van der Waals surface area (Å²) in [4.78, 5) is 0. The first-order chi connectivity index (χ1) is 18.1. The SMILES string of the molecule is CCc1cc2c(-c3cccc(C)c3)cccc2[cH-]1.C[Si]C.[Cl][Zr+2][Cl].[c-]1cccc2c1Cc1ccccc1-2. The van der Waals surface area contributed by atoms with Gasteiger partial charge in [0.15, 0.2) is 0 Å². The molecule has 0 atom stereocenters. The van der Waals surface area contributed by atoms with E-state index >= 15 is 0 Å². The topological polar surface area (TPSA) is 0 Å². The molecule has 0 spiro atoms. The van der Waals surface area contributed by atoms with Gasteiger partial charge in [-0.2, -0.15) is 35.9 Å². The number of halogens is 2. The molecule has 0 bridgehead atoms. The summed E-state index contributed by atoms with van der Waals surface area (Å²) in [6.07, 6.45) is 2.15. The predicted octanol–water partition coefficient (Wildman–Crippen LogP) is 10.3. The maximum Gasteiger partial charge on any atom is -0.0253 e. The van der Waals surface area contributed by atoms with Gasteiger partial charge in [-0.15, -0.1) is 40.1 Å². The van der Waals surface area contributed by atoms with Gasteiger partial charge < -0.3 is 0 Å². The summed E-state index contributed by atoms with van der Waals surface area (Å²) in [5.41, 5.74) is 10.9. The first kappa shape index (κ1) is 29.7. The van der Waals surface area contributed by atoms with Crippen molar-refractivity contribution in [2.24, 2.45) is 0 Å². The molecule has 0 N–H and O–H groups in total. The molecule has 1 aliphatic rings. The van der Waals surface area contributed by atoms with Gasteiger partial charge in [0, 0.05) is 9.52 Å². The standard InChI is InChI=1S/C18H17.C13H9.C2H6Si.2ClH.Zr/c1-3-14-11-16-8-5-9-17(18(16)12-14)15-7-4-6-13(2)10-15;1-3-7-12-10(5-1)9-11-6-2-4-8-13(11)12;1-3-2;;;/h4-12H,3H2,1-2H3;1-5,7-8H,9H2;1-2H3;2*1H;/q2*-1;;;;+4/p-2. The molecule has 0 nitrogen and oxygen atoms in total. The fourth-order valence-electron chi connectivity index (χ4n) is 4.56. The Hall–Kier alpha value is -1.83. The normalized spacial score (nSPS) is 10.4. The van der Waals surface area contributed by atoms with Crippen molar-refractivity contribution < 1.29 is 20.8 Å². The molecule has 0 amide bonds. The average Bonchev–Trinajstić information content (AvgIpc) is 3.51. The second-order valence-electron chi connectivity index (χ2n) is 8.86. The van der Waals surface area contributed by atoms with Gasteiger partial charge in [0.25, 0.3) is 0 Å². The number of hydrogen-bond acceptors (Lipinski definition) is 0. The van der Waals surface area contributed by atoms with Crippen molar-refractivity contribution in [3.05, 3.63) is 125 Å². The van der Waals surface area contributed by atoms with Gasteiger partial charge in [0.05, 0.1) is 0 Å². The fraction of sp³-hybridized carbons (Fsp3) is 0.182. The van der Waals surface area contributed by atoms with E-state index in [2.05, 4.69) is 124 Å². The zero-order chi connectivity index (χ0) is 26.6. The van der Waals surface area contributed by atoms with Crippen LogP contribution >= 0.6 is 17.0 Å². The van der Waals surface area contributed by atoms with E-state index in [-0.39, 0.29) is 0 Å². The zero-order valence-electron chi connectivity index (χ0n) is 21.9. The van der Waals surface area contributed by atoms with Crippen LogP contribution in [-0.2, 0) is 33.7 Å². The van der Waals surface area contributed by atoms with Gasteiger partial charge in [-0.1, -0.05) is 96.9 Å². The van der Waals surface area contributed by atoms with Crippen LogP contribution in [0.2, 0.25) is 13.1 Å². The van der Waals surface area contributed by atoms with Gasteiger partial charge in [-0.3, -0.25) is 0 Å². The molecular weight excluding hydrogens is 587 g/mol. The van der Waals surface area contributed by atoms with Crippen molar-refractivity contribution in [1.82, 2.24) is 0 Å². The number of benzene rings is 4. The van der Waals surface area contributed by atoms with E-state index in [9.17, 15) is 0 Å². The van der Waals surface area contributed by atoms with Crippen LogP contribution in [0.3, 0.4) is 0 Å². The Morgan fingerprint density at radius 2 is 1.54 bits per heavy atom. The summed E-state index contributed by atoms with van der Waals surface area (Å²) < 4.78 is 0. The number of hydrogen-bond donors (Lipinski definition) is 0. The van der Waals surface area contributed by atoms with Crippen LogP contribution in [0.25, 0.3) is 33.0 Å². The Bertz CT molecular complexity index is 1360. The molecule has 5 aromatic rings. The maximum absolute atomic E-state index is 4.93. The van der Waals surface area contributed by atoms with Crippen LogP contribution in [0.5, 0.6) is 0 Å². The molecule has 186 valence electrons. The quantitative estimate of drug-likeness (QED) is 0.134. The molecule has 1 aliphatic carbocycles. The zero-order valence-corrected chi connectivity index (χ0v) is 26.9. The molecule has 0 saturated carbocycles. The minimum Gasteiger partial charge on any atom is -0.179 e. The van der Waals surface area contributed by atoms with Gasteiger partial charge in [-0.25, -0.2) is 0 Å². The molecule has 5 aromatic carbocycles. The van der Waals surface area contributed by atoms with Crippen LogP contribution in [0.4, 0.5) is 0 Å². The second-order valence-corrected chi connectivity index (χ2v) is 13.6. The molecule has 2 radical (unpaired) electrons. The van der Waals surface area contributed by atoms with Crippen LogP contribution in [-0.4, -0.2) is 9.52 Å². The van der Waals surface area contributed by atoms with Crippen LogP contribution < -0.4 is 0 Å². The van der Waals surface area contributed by atoms with E-state index < -0.39 is 20.8 Å². The minimum absolute atomic E-state index is 0.826. The molecule has 6 rings (SSSR count). The minimum atomic E-state index is -0.826. The number of rotatable bonds is 2. The Balaban J connectivity index is 0.000000175. The average molecular weight is 619 g/mol.